The van der Waals surface area contributed by atoms with E-state index < -0.39 is 0 Å². The molecule has 0 saturated heterocycles. The van der Waals surface area contributed by atoms with Gasteiger partial charge in [0.25, 0.3) is 0 Å². The summed E-state index contributed by atoms with van der Waals surface area (Å²) in [6, 6.07) is 0. The number of carbonyl (C=O) groups excluding carboxylic acids is 1. The molecular formula is C11H21N3O2. The second-order valence-corrected chi connectivity index (χ2v) is 4.35. The Bertz CT molecular complexity index is 260. The second kappa shape index (κ2) is 6.35. The Kier molecular flexibility index (Phi) is 5.08. The van der Waals surface area contributed by atoms with Gasteiger partial charge in [-0.2, -0.15) is 0 Å². The van der Waals surface area contributed by atoms with Gasteiger partial charge in [-0.05, 0) is 25.7 Å². The quantitative estimate of drug-likeness (QED) is 0.320. The minimum absolute atomic E-state index is 0.0848. The van der Waals surface area contributed by atoms with Gasteiger partial charge >= 0.3 is 0 Å². The van der Waals surface area contributed by atoms with Crippen molar-refractivity contribution in [2.24, 2.45) is 16.8 Å². The van der Waals surface area contributed by atoms with Gasteiger partial charge in [0, 0.05) is 13.0 Å². The molecule has 0 aromatic heterocycles. The number of likely N-dealkylation sites (N-methyl/N-ethyl adjacent to an activating group) is 1. The maximum absolute atomic E-state index is 11.9. The Morgan fingerprint density at radius 1 is 1.50 bits per heavy atom. The maximum atomic E-state index is 11.9. The Labute approximate surface area is 96.3 Å². The number of carbonyl (C=O) groups is 1. The zero-order valence-electron chi connectivity index (χ0n) is 9.85. The molecule has 0 aromatic carbocycles. The van der Waals surface area contributed by atoms with Gasteiger partial charge in [-0.15, -0.1) is 0 Å². The van der Waals surface area contributed by atoms with Crippen LogP contribution < -0.4 is 5.73 Å². The molecule has 1 amide bonds. The smallest absolute Gasteiger partial charge is 0.223 e. The molecule has 1 fully saturated rings. The molecule has 0 bridgehead atoms. The topological polar surface area (TPSA) is 78.9 Å². The molecular weight excluding hydrogens is 206 g/mol. The minimum atomic E-state index is 0.0848. The van der Waals surface area contributed by atoms with E-state index in [0.29, 0.717) is 18.9 Å². The van der Waals surface area contributed by atoms with Crippen LogP contribution in [0.1, 0.15) is 39.0 Å². The molecule has 0 aromatic rings. The number of hydrogen-bond donors (Lipinski definition) is 2. The van der Waals surface area contributed by atoms with E-state index in [-0.39, 0.29) is 18.3 Å². The van der Waals surface area contributed by atoms with Gasteiger partial charge in [-0.1, -0.05) is 18.0 Å². The predicted molar refractivity (Wildman–Crippen MR) is 62.2 cm³/mol. The van der Waals surface area contributed by atoms with Crippen LogP contribution in [-0.4, -0.2) is 34.9 Å². The first-order chi connectivity index (χ1) is 7.67. The van der Waals surface area contributed by atoms with E-state index in [0.717, 1.165) is 12.8 Å². The number of oxime groups is 1. The number of rotatable bonds is 5. The molecule has 5 heteroatoms. The average Bonchev–Trinajstić information content (AvgIpc) is 2.77. The van der Waals surface area contributed by atoms with Crippen molar-refractivity contribution >= 4 is 11.7 Å². The number of nitrogens with two attached hydrogens (primary N) is 1. The van der Waals surface area contributed by atoms with E-state index in [4.69, 9.17) is 10.9 Å². The molecule has 0 atom stereocenters. The first-order valence-corrected chi connectivity index (χ1v) is 5.91. The number of amidine groups is 1. The monoisotopic (exact) mass is 227 g/mol. The van der Waals surface area contributed by atoms with Crippen LogP contribution in [0.25, 0.3) is 0 Å². The normalized spacial score (nSPS) is 17.7. The van der Waals surface area contributed by atoms with Gasteiger partial charge in [-0.25, -0.2) is 0 Å². The fourth-order valence-corrected chi connectivity index (χ4v) is 2.19. The molecule has 92 valence electrons. The zero-order chi connectivity index (χ0) is 12.0. The third-order valence-corrected chi connectivity index (χ3v) is 3.15. The Morgan fingerprint density at radius 3 is 2.62 bits per heavy atom. The van der Waals surface area contributed by atoms with E-state index in [9.17, 15) is 4.79 Å². The Balaban J connectivity index is 2.42. The highest BCUT2D eigenvalue weighted by Crippen LogP contribution is 2.27. The summed E-state index contributed by atoms with van der Waals surface area (Å²) < 4.78 is 0. The van der Waals surface area contributed by atoms with Crippen molar-refractivity contribution in [2.75, 3.05) is 13.1 Å². The van der Waals surface area contributed by atoms with Crippen molar-refractivity contribution in [3.05, 3.63) is 0 Å². The number of nitrogens with zero attached hydrogens (tertiary/aromatic N) is 2. The fraction of sp³-hybridized carbons (Fsp3) is 0.818. The summed E-state index contributed by atoms with van der Waals surface area (Å²) in [6.07, 6.45) is 5.40. The van der Waals surface area contributed by atoms with Crippen LogP contribution in [0.2, 0.25) is 0 Å². The van der Waals surface area contributed by atoms with Gasteiger partial charge < -0.3 is 15.8 Å². The number of hydrogen-bond acceptors (Lipinski definition) is 3. The summed E-state index contributed by atoms with van der Waals surface area (Å²) in [4.78, 5) is 13.5. The van der Waals surface area contributed by atoms with Crippen LogP contribution in [0.15, 0.2) is 5.16 Å². The SMILES string of the molecule is CCN(CC(N)=NO)C(=O)CC1CCCC1. The standard InChI is InChI=1S/C11H21N3O2/c1-2-14(8-10(12)13-16)11(15)7-9-5-3-4-6-9/h9,16H,2-8H2,1H3,(H2,12,13). The van der Waals surface area contributed by atoms with E-state index in [2.05, 4.69) is 5.16 Å². The largest absolute Gasteiger partial charge is 0.409 e. The Morgan fingerprint density at radius 2 is 2.12 bits per heavy atom. The van der Waals surface area contributed by atoms with Crippen molar-refractivity contribution in [2.45, 2.75) is 39.0 Å². The maximum Gasteiger partial charge on any atom is 0.223 e. The summed E-state index contributed by atoms with van der Waals surface area (Å²) in [6.45, 7) is 2.72. The summed E-state index contributed by atoms with van der Waals surface area (Å²) in [5.74, 6) is 0.733. The van der Waals surface area contributed by atoms with E-state index in [1.54, 1.807) is 4.90 Å². The second-order valence-electron chi connectivity index (χ2n) is 4.35. The summed E-state index contributed by atoms with van der Waals surface area (Å²) in [5.41, 5.74) is 5.40. The molecule has 5 nitrogen and oxygen atoms in total. The molecule has 0 radical (unpaired) electrons. The van der Waals surface area contributed by atoms with Crippen LogP contribution in [-0.2, 0) is 4.79 Å². The average molecular weight is 227 g/mol. The van der Waals surface area contributed by atoms with Crippen LogP contribution >= 0.6 is 0 Å². The van der Waals surface area contributed by atoms with Crippen molar-refractivity contribution < 1.29 is 10.0 Å². The first kappa shape index (κ1) is 12.8. The third kappa shape index (κ3) is 3.72. The molecule has 1 saturated carbocycles. The molecule has 0 unspecified atom stereocenters. The van der Waals surface area contributed by atoms with Crippen LogP contribution in [0.3, 0.4) is 0 Å². The van der Waals surface area contributed by atoms with Crippen LogP contribution in [0.4, 0.5) is 0 Å². The van der Waals surface area contributed by atoms with Gasteiger partial charge in [-0.3, -0.25) is 4.79 Å². The predicted octanol–water partition coefficient (Wildman–Crippen LogP) is 1.16. The minimum Gasteiger partial charge on any atom is -0.409 e. The van der Waals surface area contributed by atoms with Crippen molar-refractivity contribution in [3.63, 3.8) is 0 Å². The first-order valence-electron chi connectivity index (χ1n) is 5.91. The fourth-order valence-electron chi connectivity index (χ4n) is 2.19. The highest BCUT2D eigenvalue weighted by Gasteiger charge is 2.21. The molecule has 1 aliphatic carbocycles. The summed E-state index contributed by atoms with van der Waals surface area (Å²) in [5, 5.41) is 11.4. The highest BCUT2D eigenvalue weighted by atomic mass is 16.4. The summed E-state index contributed by atoms with van der Waals surface area (Å²) >= 11 is 0. The van der Waals surface area contributed by atoms with Gasteiger partial charge in [0.15, 0.2) is 5.84 Å². The lowest BCUT2D eigenvalue weighted by Crippen LogP contribution is -2.39. The van der Waals surface area contributed by atoms with Gasteiger partial charge in [0.2, 0.25) is 5.91 Å². The zero-order valence-corrected chi connectivity index (χ0v) is 9.85. The van der Waals surface area contributed by atoms with E-state index in [1.807, 2.05) is 6.92 Å². The van der Waals surface area contributed by atoms with Crippen molar-refractivity contribution in [3.8, 4) is 0 Å². The van der Waals surface area contributed by atoms with Crippen molar-refractivity contribution in [1.29, 1.82) is 0 Å². The molecule has 3 N–H and O–H groups in total. The van der Waals surface area contributed by atoms with Gasteiger partial charge in [0.1, 0.15) is 0 Å². The molecule has 16 heavy (non-hydrogen) atoms. The Hall–Kier alpha value is -1.26. The van der Waals surface area contributed by atoms with E-state index in [1.165, 1.54) is 12.8 Å². The lowest BCUT2D eigenvalue weighted by atomic mass is 10.0. The number of amides is 1. The lowest BCUT2D eigenvalue weighted by Gasteiger charge is -2.21. The van der Waals surface area contributed by atoms with Crippen LogP contribution in [0, 0.1) is 5.92 Å². The molecule has 0 heterocycles. The third-order valence-electron chi connectivity index (χ3n) is 3.15. The molecule has 0 spiro atoms. The lowest BCUT2D eigenvalue weighted by molar-refractivity contribution is -0.131. The van der Waals surface area contributed by atoms with Crippen LogP contribution in [0.5, 0.6) is 0 Å². The highest BCUT2D eigenvalue weighted by molar-refractivity contribution is 5.86. The van der Waals surface area contributed by atoms with E-state index >= 15 is 0 Å². The molecule has 1 rings (SSSR count). The van der Waals surface area contributed by atoms with Gasteiger partial charge in [0.05, 0.1) is 6.54 Å². The molecule has 0 aliphatic heterocycles. The molecule has 1 aliphatic rings. The summed E-state index contributed by atoms with van der Waals surface area (Å²) in [7, 11) is 0. The van der Waals surface area contributed by atoms with Crippen molar-refractivity contribution in [1.82, 2.24) is 4.90 Å².